The molecule has 0 fully saturated rings. The highest BCUT2D eigenvalue weighted by Gasteiger charge is 2.08. The zero-order valence-corrected chi connectivity index (χ0v) is 11.4. The molecule has 0 heterocycles. The number of nitrogens with two attached hydrogens (primary N) is 1. The number of benzene rings is 2. The molecule has 0 aromatic heterocycles. The Morgan fingerprint density at radius 2 is 2.00 bits per heavy atom. The molecule has 0 aliphatic rings. The molecule has 0 aliphatic heterocycles. The first-order valence-corrected chi connectivity index (χ1v) is 6.44. The topological polar surface area (TPSA) is 64.3 Å². The summed E-state index contributed by atoms with van der Waals surface area (Å²) in [7, 11) is 1.66. The minimum Gasteiger partial charge on any atom is -0.399 e. The lowest BCUT2D eigenvalue weighted by molar-refractivity contribution is 0.102. The van der Waals surface area contributed by atoms with Crippen LogP contribution in [0.5, 0.6) is 0 Å². The summed E-state index contributed by atoms with van der Waals surface area (Å²) in [5.41, 5.74) is 8.66. The lowest BCUT2D eigenvalue weighted by Gasteiger charge is -2.11. The molecule has 4 heteroatoms. The van der Waals surface area contributed by atoms with Gasteiger partial charge in [-0.3, -0.25) is 4.79 Å². The molecule has 0 bridgehead atoms. The van der Waals surface area contributed by atoms with Crippen molar-refractivity contribution < 1.29 is 9.53 Å². The van der Waals surface area contributed by atoms with Crippen LogP contribution in [0.15, 0.2) is 48.5 Å². The van der Waals surface area contributed by atoms with E-state index in [4.69, 9.17) is 10.5 Å². The smallest absolute Gasteiger partial charge is 0.255 e. The third-order valence-electron chi connectivity index (χ3n) is 2.99. The molecule has 104 valence electrons. The van der Waals surface area contributed by atoms with E-state index < -0.39 is 0 Å². The van der Waals surface area contributed by atoms with Gasteiger partial charge in [0.2, 0.25) is 0 Å². The lowest BCUT2D eigenvalue weighted by atomic mass is 10.1. The van der Waals surface area contributed by atoms with E-state index in [1.54, 1.807) is 31.4 Å². The summed E-state index contributed by atoms with van der Waals surface area (Å²) in [5, 5.41) is 2.91. The monoisotopic (exact) mass is 270 g/mol. The fourth-order valence-electron chi connectivity index (χ4n) is 1.95. The molecule has 2 aromatic carbocycles. The molecule has 20 heavy (non-hydrogen) atoms. The van der Waals surface area contributed by atoms with Crippen LogP contribution in [0.1, 0.15) is 15.9 Å². The van der Waals surface area contributed by atoms with E-state index in [-0.39, 0.29) is 5.91 Å². The third kappa shape index (κ3) is 3.59. The highest BCUT2D eigenvalue weighted by atomic mass is 16.5. The number of carbonyl (C=O) groups excluding carboxylic acids is 1. The zero-order valence-electron chi connectivity index (χ0n) is 11.4. The van der Waals surface area contributed by atoms with Crippen molar-refractivity contribution in [2.45, 2.75) is 6.42 Å². The average molecular weight is 270 g/mol. The highest BCUT2D eigenvalue weighted by molar-refractivity contribution is 6.05. The van der Waals surface area contributed by atoms with Crippen molar-refractivity contribution in [1.82, 2.24) is 0 Å². The van der Waals surface area contributed by atoms with E-state index in [1.807, 2.05) is 24.3 Å². The second kappa shape index (κ2) is 6.73. The first kappa shape index (κ1) is 14.1. The maximum absolute atomic E-state index is 12.2. The first-order chi connectivity index (χ1) is 9.70. The first-order valence-electron chi connectivity index (χ1n) is 6.44. The predicted octanol–water partition coefficient (Wildman–Crippen LogP) is 2.71. The third-order valence-corrected chi connectivity index (χ3v) is 2.99. The minimum absolute atomic E-state index is 0.165. The average Bonchev–Trinajstić information content (AvgIpc) is 2.46. The molecular weight excluding hydrogens is 252 g/mol. The second-order valence-electron chi connectivity index (χ2n) is 4.48. The second-order valence-corrected chi connectivity index (χ2v) is 4.48. The standard InChI is InChI=1S/C16H18N2O2/c1-20-10-9-12-5-2-3-8-15(12)18-16(19)13-6-4-7-14(17)11-13/h2-8,11H,9-10,17H2,1H3,(H,18,19). The quantitative estimate of drug-likeness (QED) is 0.821. The van der Waals surface area contributed by atoms with E-state index in [0.717, 1.165) is 17.7 Å². The molecule has 4 nitrogen and oxygen atoms in total. The van der Waals surface area contributed by atoms with Gasteiger partial charge in [-0.25, -0.2) is 0 Å². The van der Waals surface area contributed by atoms with Crippen LogP contribution in [0.25, 0.3) is 0 Å². The molecule has 0 saturated heterocycles. The number of rotatable bonds is 5. The van der Waals surface area contributed by atoms with Crippen LogP contribution in [0, 0.1) is 0 Å². The number of para-hydroxylation sites is 1. The minimum atomic E-state index is -0.165. The molecule has 2 rings (SSSR count). The van der Waals surface area contributed by atoms with Crippen molar-refractivity contribution in [1.29, 1.82) is 0 Å². The van der Waals surface area contributed by atoms with Crippen LogP contribution in [-0.4, -0.2) is 19.6 Å². The lowest BCUT2D eigenvalue weighted by Crippen LogP contribution is -2.14. The van der Waals surface area contributed by atoms with E-state index in [0.29, 0.717) is 17.9 Å². The van der Waals surface area contributed by atoms with Gasteiger partial charge in [-0.2, -0.15) is 0 Å². The normalized spacial score (nSPS) is 10.2. The Bertz CT molecular complexity index is 597. The number of methoxy groups -OCH3 is 1. The van der Waals surface area contributed by atoms with Gasteiger partial charge in [0.25, 0.3) is 5.91 Å². The summed E-state index contributed by atoms with van der Waals surface area (Å²) in [6, 6.07) is 14.6. The van der Waals surface area contributed by atoms with Crippen molar-refractivity contribution >= 4 is 17.3 Å². The number of amides is 1. The molecular formula is C16H18N2O2. The summed E-state index contributed by atoms with van der Waals surface area (Å²) in [6.07, 6.45) is 0.754. The summed E-state index contributed by atoms with van der Waals surface area (Å²) in [5.74, 6) is -0.165. The maximum atomic E-state index is 12.2. The Morgan fingerprint density at radius 3 is 2.75 bits per heavy atom. The maximum Gasteiger partial charge on any atom is 0.255 e. The molecule has 0 unspecified atom stereocenters. The number of hydrogen-bond donors (Lipinski definition) is 2. The van der Waals surface area contributed by atoms with E-state index >= 15 is 0 Å². The van der Waals surface area contributed by atoms with E-state index in [2.05, 4.69) is 5.32 Å². The molecule has 1 amide bonds. The SMILES string of the molecule is COCCc1ccccc1NC(=O)c1cccc(N)c1. The van der Waals surface area contributed by atoms with Crippen molar-refractivity contribution in [3.63, 3.8) is 0 Å². The Morgan fingerprint density at radius 1 is 1.20 bits per heavy atom. The van der Waals surface area contributed by atoms with Crippen LogP contribution >= 0.6 is 0 Å². The summed E-state index contributed by atoms with van der Waals surface area (Å²) < 4.78 is 5.08. The Hall–Kier alpha value is -2.33. The van der Waals surface area contributed by atoms with Gasteiger partial charge in [0, 0.05) is 24.0 Å². The molecule has 2 aromatic rings. The number of ether oxygens (including phenoxy) is 1. The van der Waals surface area contributed by atoms with Crippen molar-refractivity contribution in [2.24, 2.45) is 0 Å². The van der Waals surface area contributed by atoms with Gasteiger partial charge in [-0.1, -0.05) is 24.3 Å². The van der Waals surface area contributed by atoms with Gasteiger partial charge in [0.15, 0.2) is 0 Å². The van der Waals surface area contributed by atoms with Crippen molar-refractivity contribution in [3.8, 4) is 0 Å². The predicted molar refractivity (Wildman–Crippen MR) is 80.8 cm³/mol. The van der Waals surface area contributed by atoms with Gasteiger partial charge < -0.3 is 15.8 Å². The summed E-state index contributed by atoms with van der Waals surface area (Å²) in [4.78, 5) is 12.2. The number of nitrogens with one attached hydrogen (secondary N) is 1. The van der Waals surface area contributed by atoms with E-state index in [9.17, 15) is 4.79 Å². The Balaban J connectivity index is 2.15. The van der Waals surface area contributed by atoms with Gasteiger partial charge in [-0.05, 0) is 36.2 Å². The van der Waals surface area contributed by atoms with Crippen LogP contribution in [0.3, 0.4) is 0 Å². The number of hydrogen-bond acceptors (Lipinski definition) is 3. The fraction of sp³-hybridized carbons (Fsp3) is 0.188. The molecule has 0 saturated carbocycles. The van der Waals surface area contributed by atoms with E-state index in [1.165, 1.54) is 0 Å². The molecule has 0 radical (unpaired) electrons. The molecule has 0 atom stereocenters. The molecule has 0 spiro atoms. The van der Waals surface area contributed by atoms with Crippen LogP contribution in [0.4, 0.5) is 11.4 Å². The van der Waals surface area contributed by atoms with Gasteiger partial charge in [-0.15, -0.1) is 0 Å². The Kier molecular flexibility index (Phi) is 4.74. The number of nitrogen functional groups attached to an aromatic ring is 1. The van der Waals surface area contributed by atoms with Crippen LogP contribution in [0.2, 0.25) is 0 Å². The van der Waals surface area contributed by atoms with Crippen molar-refractivity contribution in [2.75, 3.05) is 24.8 Å². The summed E-state index contributed by atoms with van der Waals surface area (Å²) >= 11 is 0. The largest absolute Gasteiger partial charge is 0.399 e. The fourth-order valence-corrected chi connectivity index (χ4v) is 1.95. The van der Waals surface area contributed by atoms with Gasteiger partial charge in [0.05, 0.1) is 6.61 Å². The van der Waals surface area contributed by atoms with Gasteiger partial charge >= 0.3 is 0 Å². The number of carbonyl (C=O) groups is 1. The number of anilines is 2. The molecule has 0 aliphatic carbocycles. The van der Waals surface area contributed by atoms with Crippen LogP contribution < -0.4 is 11.1 Å². The van der Waals surface area contributed by atoms with Crippen molar-refractivity contribution in [3.05, 3.63) is 59.7 Å². The molecule has 3 N–H and O–H groups in total. The van der Waals surface area contributed by atoms with Crippen LogP contribution in [-0.2, 0) is 11.2 Å². The Labute approximate surface area is 118 Å². The zero-order chi connectivity index (χ0) is 14.4. The highest BCUT2D eigenvalue weighted by Crippen LogP contribution is 2.17. The van der Waals surface area contributed by atoms with Gasteiger partial charge in [0.1, 0.15) is 0 Å². The summed E-state index contributed by atoms with van der Waals surface area (Å²) in [6.45, 7) is 0.616.